The molecule has 0 unspecified atom stereocenters. The van der Waals surface area contributed by atoms with Gasteiger partial charge in [-0.1, -0.05) is 37.5 Å². The number of aryl methyl sites for hydroxylation is 2. The first kappa shape index (κ1) is 13.1. The normalized spacial score (nSPS) is 18.4. The fourth-order valence-electron chi connectivity index (χ4n) is 2.61. The van der Waals surface area contributed by atoms with Crippen LogP contribution >= 0.6 is 0 Å². The molecule has 98 valence electrons. The zero-order valence-electron chi connectivity index (χ0n) is 11.1. The van der Waals surface area contributed by atoms with Gasteiger partial charge in [-0.2, -0.15) is 0 Å². The number of carbonyl (C=O) groups is 1. The van der Waals surface area contributed by atoms with Crippen molar-refractivity contribution in [1.82, 2.24) is 0 Å². The zero-order chi connectivity index (χ0) is 13.2. The van der Waals surface area contributed by atoms with Crippen LogP contribution in [0.5, 0.6) is 0 Å². The van der Waals surface area contributed by atoms with E-state index < -0.39 is 5.60 Å². The molecule has 0 bridgehead atoms. The van der Waals surface area contributed by atoms with Crippen LogP contribution in [0.25, 0.3) is 0 Å². The van der Waals surface area contributed by atoms with Crippen molar-refractivity contribution < 1.29 is 9.90 Å². The van der Waals surface area contributed by atoms with Crippen LogP contribution in [0, 0.1) is 13.8 Å². The molecule has 2 N–H and O–H groups in total. The average Bonchev–Trinajstić information content (AvgIpc) is 2.34. The van der Waals surface area contributed by atoms with Gasteiger partial charge < -0.3 is 10.4 Å². The number of hydrogen-bond donors (Lipinski definition) is 2. The van der Waals surface area contributed by atoms with Crippen LogP contribution < -0.4 is 5.32 Å². The molecule has 1 amide bonds. The van der Waals surface area contributed by atoms with Gasteiger partial charge in [0.2, 0.25) is 0 Å². The second-order valence-electron chi connectivity index (χ2n) is 5.31. The number of benzene rings is 1. The molecule has 0 radical (unpaired) electrons. The number of para-hydroxylation sites is 1. The molecule has 18 heavy (non-hydrogen) atoms. The fraction of sp³-hybridized carbons (Fsp3) is 0.533. The predicted octanol–water partition coefficient (Wildman–Crippen LogP) is 2.94. The van der Waals surface area contributed by atoms with Gasteiger partial charge in [-0.3, -0.25) is 4.79 Å². The monoisotopic (exact) mass is 247 g/mol. The molecule has 1 saturated carbocycles. The lowest BCUT2D eigenvalue weighted by Crippen LogP contribution is -2.44. The molecule has 1 aromatic rings. The minimum Gasteiger partial charge on any atom is -0.380 e. The van der Waals surface area contributed by atoms with E-state index in [9.17, 15) is 9.90 Å². The van der Waals surface area contributed by atoms with Gasteiger partial charge in [0.15, 0.2) is 0 Å². The van der Waals surface area contributed by atoms with Crippen molar-refractivity contribution in [3.8, 4) is 0 Å². The molecule has 0 spiro atoms. The van der Waals surface area contributed by atoms with Crippen molar-refractivity contribution in [1.29, 1.82) is 0 Å². The fourth-order valence-corrected chi connectivity index (χ4v) is 2.61. The van der Waals surface area contributed by atoms with Gasteiger partial charge in [0.05, 0.1) is 0 Å². The minimum atomic E-state index is -1.17. The second kappa shape index (κ2) is 5.11. The quantitative estimate of drug-likeness (QED) is 0.844. The Kier molecular flexibility index (Phi) is 3.71. The van der Waals surface area contributed by atoms with Crippen molar-refractivity contribution >= 4 is 11.6 Å². The van der Waals surface area contributed by atoms with E-state index in [0.717, 1.165) is 36.1 Å². The molecule has 1 aliphatic rings. The maximum absolute atomic E-state index is 12.2. The Bertz CT molecular complexity index is 428. The van der Waals surface area contributed by atoms with E-state index in [2.05, 4.69) is 5.32 Å². The predicted molar refractivity (Wildman–Crippen MR) is 72.6 cm³/mol. The number of rotatable bonds is 2. The van der Waals surface area contributed by atoms with Crippen LogP contribution in [0.15, 0.2) is 18.2 Å². The summed E-state index contributed by atoms with van der Waals surface area (Å²) in [6, 6.07) is 5.90. The summed E-state index contributed by atoms with van der Waals surface area (Å²) in [5, 5.41) is 13.3. The third kappa shape index (κ3) is 2.56. The van der Waals surface area contributed by atoms with E-state index in [1.54, 1.807) is 0 Å². The van der Waals surface area contributed by atoms with Gasteiger partial charge in [-0.25, -0.2) is 0 Å². The first-order valence-electron chi connectivity index (χ1n) is 6.63. The van der Waals surface area contributed by atoms with E-state index in [1.165, 1.54) is 0 Å². The Hall–Kier alpha value is -1.35. The van der Waals surface area contributed by atoms with Gasteiger partial charge in [0, 0.05) is 5.69 Å². The molecule has 0 saturated heterocycles. The number of nitrogens with one attached hydrogen (secondary N) is 1. The van der Waals surface area contributed by atoms with Gasteiger partial charge in [0.1, 0.15) is 5.60 Å². The first-order valence-corrected chi connectivity index (χ1v) is 6.63. The van der Waals surface area contributed by atoms with Crippen LogP contribution in [-0.4, -0.2) is 16.6 Å². The third-order valence-electron chi connectivity index (χ3n) is 3.82. The van der Waals surface area contributed by atoms with Crippen LogP contribution in [0.2, 0.25) is 0 Å². The molecule has 1 fully saturated rings. The third-order valence-corrected chi connectivity index (χ3v) is 3.82. The molecular weight excluding hydrogens is 226 g/mol. The molecule has 0 atom stereocenters. The Labute approximate surface area is 108 Å². The Morgan fingerprint density at radius 1 is 1.17 bits per heavy atom. The number of hydrogen-bond acceptors (Lipinski definition) is 2. The summed E-state index contributed by atoms with van der Waals surface area (Å²) in [7, 11) is 0. The summed E-state index contributed by atoms with van der Waals surface area (Å²) < 4.78 is 0. The Morgan fingerprint density at radius 3 is 2.28 bits per heavy atom. The van der Waals surface area contributed by atoms with Crippen molar-refractivity contribution in [3.63, 3.8) is 0 Å². The number of aliphatic hydroxyl groups is 1. The van der Waals surface area contributed by atoms with E-state index in [1.807, 2.05) is 32.0 Å². The molecule has 0 aliphatic heterocycles. The maximum Gasteiger partial charge on any atom is 0.256 e. The summed E-state index contributed by atoms with van der Waals surface area (Å²) >= 11 is 0. The molecule has 1 aliphatic carbocycles. The standard InChI is InChI=1S/C15H21NO2/c1-11-7-6-8-12(2)13(11)16-14(17)15(18)9-4-3-5-10-15/h6-8,18H,3-5,9-10H2,1-2H3,(H,16,17). The van der Waals surface area contributed by atoms with Crippen molar-refractivity contribution in [2.75, 3.05) is 5.32 Å². The van der Waals surface area contributed by atoms with Crippen LogP contribution in [0.3, 0.4) is 0 Å². The van der Waals surface area contributed by atoms with Crippen LogP contribution in [0.4, 0.5) is 5.69 Å². The van der Waals surface area contributed by atoms with Crippen LogP contribution in [0.1, 0.15) is 43.2 Å². The van der Waals surface area contributed by atoms with Gasteiger partial charge in [-0.15, -0.1) is 0 Å². The largest absolute Gasteiger partial charge is 0.380 e. The van der Waals surface area contributed by atoms with E-state index in [0.29, 0.717) is 12.8 Å². The molecule has 1 aromatic carbocycles. The topological polar surface area (TPSA) is 49.3 Å². The molecule has 3 heteroatoms. The highest BCUT2D eigenvalue weighted by Crippen LogP contribution is 2.30. The molecular formula is C15H21NO2. The number of anilines is 1. The highest BCUT2D eigenvalue weighted by atomic mass is 16.3. The van der Waals surface area contributed by atoms with Crippen molar-refractivity contribution in [2.24, 2.45) is 0 Å². The summed E-state index contributed by atoms with van der Waals surface area (Å²) in [5.74, 6) is -0.250. The lowest BCUT2D eigenvalue weighted by atomic mass is 9.84. The second-order valence-corrected chi connectivity index (χ2v) is 5.31. The van der Waals surface area contributed by atoms with Crippen molar-refractivity contribution in [3.05, 3.63) is 29.3 Å². The summed E-state index contributed by atoms with van der Waals surface area (Å²) in [6.07, 6.45) is 4.11. The van der Waals surface area contributed by atoms with E-state index in [-0.39, 0.29) is 5.91 Å². The highest BCUT2D eigenvalue weighted by Gasteiger charge is 2.37. The first-order chi connectivity index (χ1) is 8.53. The maximum atomic E-state index is 12.2. The lowest BCUT2D eigenvalue weighted by molar-refractivity contribution is -0.137. The number of amides is 1. The van der Waals surface area contributed by atoms with Gasteiger partial charge in [0.25, 0.3) is 5.91 Å². The Morgan fingerprint density at radius 2 is 1.72 bits per heavy atom. The molecule has 0 aromatic heterocycles. The summed E-state index contributed by atoms with van der Waals surface area (Å²) in [5.41, 5.74) is 1.72. The SMILES string of the molecule is Cc1cccc(C)c1NC(=O)C1(O)CCCCC1. The minimum absolute atomic E-state index is 0.250. The van der Waals surface area contributed by atoms with Gasteiger partial charge in [-0.05, 0) is 37.8 Å². The molecule has 2 rings (SSSR count). The average molecular weight is 247 g/mol. The summed E-state index contributed by atoms with van der Waals surface area (Å²) in [6.45, 7) is 3.93. The van der Waals surface area contributed by atoms with E-state index in [4.69, 9.17) is 0 Å². The van der Waals surface area contributed by atoms with Crippen molar-refractivity contribution in [2.45, 2.75) is 51.6 Å². The summed E-state index contributed by atoms with van der Waals surface area (Å²) in [4.78, 5) is 12.2. The molecule has 0 heterocycles. The smallest absolute Gasteiger partial charge is 0.256 e. The Balaban J connectivity index is 2.16. The van der Waals surface area contributed by atoms with Crippen LogP contribution in [-0.2, 0) is 4.79 Å². The molecule has 3 nitrogen and oxygen atoms in total. The lowest BCUT2D eigenvalue weighted by Gasteiger charge is -2.31. The number of carbonyl (C=O) groups excluding carboxylic acids is 1. The highest BCUT2D eigenvalue weighted by molar-refractivity contribution is 5.98. The zero-order valence-corrected chi connectivity index (χ0v) is 11.1. The van der Waals surface area contributed by atoms with E-state index >= 15 is 0 Å². The van der Waals surface area contributed by atoms with Gasteiger partial charge >= 0.3 is 0 Å².